The molecule has 1 unspecified atom stereocenters. The second-order valence-electron chi connectivity index (χ2n) is 4.70. The number of benzene rings is 1. The van der Waals surface area contributed by atoms with Crippen LogP contribution in [0, 0.1) is 5.82 Å². The Kier molecular flexibility index (Phi) is 4.26. The number of imidazole rings is 1. The summed E-state index contributed by atoms with van der Waals surface area (Å²) < 4.78 is 19.5. The summed E-state index contributed by atoms with van der Waals surface area (Å²) in [6.45, 7) is 3.85. The van der Waals surface area contributed by atoms with E-state index in [0.717, 1.165) is 5.56 Å². The summed E-state index contributed by atoms with van der Waals surface area (Å²) >= 11 is 0. The predicted molar refractivity (Wildman–Crippen MR) is 77.6 cm³/mol. The molecule has 2 N–H and O–H groups in total. The minimum atomic E-state index is -0.563. The number of aromatic nitrogens is 2. The van der Waals surface area contributed by atoms with Gasteiger partial charge < -0.3 is 15.0 Å². The first-order valence-electron chi connectivity index (χ1n) is 6.69. The second-order valence-corrected chi connectivity index (χ2v) is 4.70. The molecule has 2 aromatic rings. The third kappa shape index (κ3) is 2.74. The molecule has 1 aromatic carbocycles. The molecule has 0 saturated carbocycles. The first kappa shape index (κ1) is 15.0. The van der Waals surface area contributed by atoms with Crippen molar-refractivity contribution in [2.45, 2.75) is 26.3 Å². The maximum atomic E-state index is 13.0. The van der Waals surface area contributed by atoms with Crippen molar-refractivity contribution in [3.8, 4) is 0 Å². The Bertz CT molecular complexity index is 650. The highest BCUT2D eigenvalue weighted by Gasteiger charge is 2.23. The van der Waals surface area contributed by atoms with Crippen LogP contribution in [0.5, 0.6) is 0 Å². The SMILES string of the molecule is CCc1nc(C(=O)OC)c(N)n1C(C)c1ccc(F)cc1. The molecular formula is C15H18FN3O2. The van der Waals surface area contributed by atoms with E-state index >= 15 is 0 Å². The van der Waals surface area contributed by atoms with E-state index in [-0.39, 0.29) is 23.4 Å². The number of hydrogen-bond donors (Lipinski definition) is 1. The maximum absolute atomic E-state index is 13.0. The van der Waals surface area contributed by atoms with Crippen molar-refractivity contribution in [1.29, 1.82) is 0 Å². The lowest BCUT2D eigenvalue weighted by Gasteiger charge is -2.18. The molecule has 0 fully saturated rings. The van der Waals surface area contributed by atoms with Gasteiger partial charge in [-0.05, 0) is 24.6 Å². The van der Waals surface area contributed by atoms with Crippen molar-refractivity contribution in [3.63, 3.8) is 0 Å². The zero-order valence-electron chi connectivity index (χ0n) is 12.3. The number of carbonyl (C=O) groups is 1. The fourth-order valence-electron chi connectivity index (χ4n) is 2.31. The smallest absolute Gasteiger partial charge is 0.360 e. The zero-order valence-corrected chi connectivity index (χ0v) is 12.3. The summed E-state index contributed by atoms with van der Waals surface area (Å²) in [6, 6.07) is 6.01. The number of esters is 1. The fourth-order valence-corrected chi connectivity index (χ4v) is 2.31. The van der Waals surface area contributed by atoms with Crippen molar-refractivity contribution in [2.24, 2.45) is 0 Å². The molecule has 0 saturated heterocycles. The fraction of sp³-hybridized carbons (Fsp3) is 0.333. The van der Waals surface area contributed by atoms with Gasteiger partial charge in [0.25, 0.3) is 0 Å². The summed E-state index contributed by atoms with van der Waals surface area (Å²) in [4.78, 5) is 15.9. The van der Waals surface area contributed by atoms with Gasteiger partial charge in [0, 0.05) is 6.42 Å². The molecule has 1 atom stereocenters. The maximum Gasteiger partial charge on any atom is 0.360 e. The summed E-state index contributed by atoms with van der Waals surface area (Å²) in [7, 11) is 1.29. The van der Waals surface area contributed by atoms with Crippen molar-refractivity contribution in [3.05, 3.63) is 47.2 Å². The van der Waals surface area contributed by atoms with E-state index in [1.54, 1.807) is 16.7 Å². The summed E-state index contributed by atoms with van der Waals surface area (Å²) in [5.74, 6) is 0.0861. The summed E-state index contributed by atoms with van der Waals surface area (Å²) in [5, 5.41) is 0. The van der Waals surface area contributed by atoms with Crippen molar-refractivity contribution >= 4 is 11.8 Å². The number of anilines is 1. The van der Waals surface area contributed by atoms with Crippen LogP contribution in [-0.4, -0.2) is 22.6 Å². The molecule has 0 bridgehead atoms. The molecule has 0 amide bonds. The third-order valence-corrected chi connectivity index (χ3v) is 3.46. The van der Waals surface area contributed by atoms with Crippen LogP contribution in [0.25, 0.3) is 0 Å². The molecule has 1 aromatic heterocycles. The minimum absolute atomic E-state index is 0.114. The largest absolute Gasteiger partial charge is 0.464 e. The molecule has 0 aliphatic rings. The highest BCUT2D eigenvalue weighted by molar-refractivity contribution is 5.92. The molecule has 0 aliphatic carbocycles. The topological polar surface area (TPSA) is 70.1 Å². The van der Waals surface area contributed by atoms with Crippen molar-refractivity contribution in [1.82, 2.24) is 9.55 Å². The summed E-state index contributed by atoms with van der Waals surface area (Å²) in [6.07, 6.45) is 0.618. The Labute approximate surface area is 122 Å². The van der Waals surface area contributed by atoms with Gasteiger partial charge in [-0.2, -0.15) is 0 Å². The standard InChI is InChI=1S/C15H18FN3O2/c1-4-12-18-13(15(20)21-3)14(17)19(12)9(2)10-5-7-11(16)8-6-10/h5-9H,4,17H2,1-3H3. The van der Waals surface area contributed by atoms with E-state index < -0.39 is 5.97 Å². The van der Waals surface area contributed by atoms with Crippen LogP contribution in [0.15, 0.2) is 24.3 Å². The second kappa shape index (κ2) is 5.95. The Balaban J connectivity index is 2.49. The van der Waals surface area contributed by atoms with E-state index in [1.165, 1.54) is 19.2 Å². The monoisotopic (exact) mass is 291 g/mol. The molecule has 21 heavy (non-hydrogen) atoms. The van der Waals surface area contributed by atoms with Gasteiger partial charge in [0.1, 0.15) is 17.5 Å². The van der Waals surface area contributed by atoms with E-state index in [2.05, 4.69) is 9.72 Å². The predicted octanol–water partition coefficient (Wildman–Crippen LogP) is 2.56. The molecule has 2 rings (SSSR count). The van der Waals surface area contributed by atoms with Crippen molar-refractivity contribution < 1.29 is 13.9 Å². The Hall–Kier alpha value is -2.37. The molecular weight excluding hydrogens is 273 g/mol. The van der Waals surface area contributed by atoms with Crippen LogP contribution >= 0.6 is 0 Å². The highest BCUT2D eigenvalue weighted by Crippen LogP contribution is 2.26. The lowest BCUT2D eigenvalue weighted by Crippen LogP contribution is -2.14. The van der Waals surface area contributed by atoms with Crippen LogP contribution in [0.3, 0.4) is 0 Å². The average Bonchev–Trinajstić information content (AvgIpc) is 2.83. The molecule has 0 aliphatic heterocycles. The van der Waals surface area contributed by atoms with Gasteiger partial charge in [-0.15, -0.1) is 0 Å². The van der Waals surface area contributed by atoms with Gasteiger partial charge in [0.05, 0.1) is 13.2 Å². The number of methoxy groups -OCH3 is 1. The first-order chi connectivity index (χ1) is 9.99. The minimum Gasteiger partial charge on any atom is -0.464 e. The Morgan fingerprint density at radius 3 is 2.57 bits per heavy atom. The lowest BCUT2D eigenvalue weighted by molar-refractivity contribution is 0.0595. The number of hydrogen-bond acceptors (Lipinski definition) is 4. The van der Waals surface area contributed by atoms with Crippen LogP contribution in [0.1, 0.15) is 41.8 Å². The molecule has 112 valence electrons. The van der Waals surface area contributed by atoms with Gasteiger partial charge in [0.2, 0.25) is 0 Å². The highest BCUT2D eigenvalue weighted by atomic mass is 19.1. The normalized spacial score (nSPS) is 12.2. The van der Waals surface area contributed by atoms with Gasteiger partial charge in [-0.3, -0.25) is 0 Å². The average molecular weight is 291 g/mol. The molecule has 0 radical (unpaired) electrons. The number of rotatable bonds is 4. The van der Waals surface area contributed by atoms with Crippen LogP contribution in [-0.2, 0) is 11.2 Å². The Morgan fingerprint density at radius 1 is 1.43 bits per heavy atom. The number of nitrogens with zero attached hydrogens (tertiary/aromatic N) is 2. The quantitative estimate of drug-likeness (QED) is 0.879. The van der Waals surface area contributed by atoms with Gasteiger partial charge in [0.15, 0.2) is 5.69 Å². The lowest BCUT2D eigenvalue weighted by atomic mass is 10.1. The van der Waals surface area contributed by atoms with Gasteiger partial charge in [-0.1, -0.05) is 19.1 Å². The molecule has 1 heterocycles. The van der Waals surface area contributed by atoms with Crippen molar-refractivity contribution in [2.75, 3.05) is 12.8 Å². The van der Waals surface area contributed by atoms with E-state index in [1.807, 2.05) is 13.8 Å². The number of aryl methyl sites for hydroxylation is 1. The van der Waals surface area contributed by atoms with Gasteiger partial charge >= 0.3 is 5.97 Å². The van der Waals surface area contributed by atoms with Crippen LogP contribution < -0.4 is 5.73 Å². The summed E-state index contributed by atoms with van der Waals surface area (Å²) in [5.41, 5.74) is 7.05. The van der Waals surface area contributed by atoms with Gasteiger partial charge in [-0.25, -0.2) is 14.2 Å². The van der Waals surface area contributed by atoms with Crippen LogP contribution in [0.2, 0.25) is 0 Å². The number of nitrogens with two attached hydrogens (primary N) is 1. The molecule has 6 heteroatoms. The number of carbonyl (C=O) groups excluding carboxylic acids is 1. The number of ether oxygens (including phenoxy) is 1. The molecule has 5 nitrogen and oxygen atoms in total. The number of halogens is 1. The number of nitrogen functional groups attached to an aromatic ring is 1. The van der Waals surface area contributed by atoms with E-state index in [9.17, 15) is 9.18 Å². The third-order valence-electron chi connectivity index (χ3n) is 3.46. The first-order valence-corrected chi connectivity index (χ1v) is 6.69. The van der Waals surface area contributed by atoms with E-state index in [4.69, 9.17) is 5.73 Å². The van der Waals surface area contributed by atoms with E-state index in [0.29, 0.717) is 12.2 Å². The van der Waals surface area contributed by atoms with Crippen LogP contribution in [0.4, 0.5) is 10.2 Å². The molecule has 0 spiro atoms. The zero-order chi connectivity index (χ0) is 15.6. The Morgan fingerprint density at radius 2 is 2.05 bits per heavy atom.